The van der Waals surface area contributed by atoms with Crippen molar-refractivity contribution in [3.8, 4) is 11.5 Å². The number of ether oxygens (including phenoxy) is 2. The average molecular weight is 471 g/mol. The molecular weight excluding hydrogens is 440 g/mol. The van der Waals surface area contributed by atoms with E-state index in [1.165, 1.54) is 15.7 Å². The zero-order valence-electron chi connectivity index (χ0n) is 19.6. The number of hydrogen-bond donors (Lipinski definition) is 2. The zero-order valence-corrected chi connectivity index (χ0v) is 19.6. The first-order valence-electron chi connectivity index (χ1n) is 11.1. The van der Waals surface area contributed by atoms with Crippen LogP contribution in [-0.4, -0.2) is 29.7 Å². The fraction of sp³-hybridized carbons (Fsp3) is 0.375. The van der Waals surface area contributed by atoms with Crippen LogP contribution in [0.1, 0.15) is 37.5 Å². The number of aromatic amines is 1. The number of nitrogens with one attached hydrogen (secondary N) is 1. The van der Waals surface area contributed by atoms with Gasteiger partial charge in [0.25, 0.3) is 5.56 Å². The Bertz CT molecular complexity index is 1230. The summed E-state index contributed by atoms with van der Waals surface area (Å²) < 4.78 is 17.4. The summed E-state index contributed by atoms with van der Waals surface area (Å²) in [4.78, 5) is 42.1. The standard InChI is InChI=1S/C24H30N4O6/c1-4-5-12-27-22(25)21(23(30)26-24(27)31)28(15-18-7-6-13-34-18)20(29)11-8-16-14-17(32-2)9-10-19(16)33-3/h6-7,9-10,13-14H,4-5,8,11-12,15,25H2,1-3H3,(H,26,30,31). The van der Waals surface area contributed by atoms with E-state index in [0.29, 0.717) is 36.6 Å². The number of benzene rings is 1. The number of nitrogens with zero attached hydrogens (tertiary/aromatic N) is 2. The van der Waals surface area contributed by atoms with Gasteiger partial charge in [-0.25, -0.2) is 4.79 Å². The molecule has 1 aromatic carbocycles. The van der Waals surface area contributed by atoms with Gasteiger partial charge in [-0.05, 0) is 48.7 Å². The molecule has 3 aromatic rings. The van der Waals surface area contributed by atoms with Crippen LogP contribution in [0, 0.1) is 0 Å². The largest absolute Gasteiger partial charge is 0.497 e. The van der Waals surface area contributed by atoms with Gasteiger partial charge in [-0.3, -0.25) is 24.0 Å². The van der Waals surface area contributed by atoms with Crippen molar-refractivity contribution in [3.05, 3.63) is 68.8 Å². The van der Waals surface area contributed by atoms with E-state index in [2.05, 4.69) is 4.98 Å². The first-order chi connectivity index (χ1) is 16.4. The third-order valence-corrected chi connectivity index (χ3v) is 5.51. The second kappa shape index (κ2) is 11.3. The molecule has 34 heavy (non-hydrogen) atoms. The zero-order chi connectivity index (χ0) is 24.7. The number of methoxy groups -OCH3 is 2. The minimum Gasteiger partial charge on any atom is -0.497 e. The third-order valence-electron chi connectivity index (χ3n) is 5.51. The van der Waals surface area contributed by atoms with Gasteiger partial charge in [-0.2, -0.15) is 0 Å². The Labute approximate surface area is 196 Å². The second-order valence-electron chi connectivity index (χ2n) is 7.74. The molecule has 0 aliphatic rings. The molecule has 0 radical (unpaired) electrons. The monoisotopic (exact) mass is 470 g/mol. The van der Waals surface area contributed by atoms with Crippen LogP contribution in [0.15, 0.2) is 50.6 Å². The Balaban J connectivity index is 1.97. The number of furan rings is 1. The Kier molecular flexibility index (Phi) is 8.18. The Morgan fingerprint density at radius 3 is 2.65 bits per heavy atom. The van der Waals surface area contributed by atoms with Gasteiger partial charge < -0.3 is 19.6 Å². The number of carbonyl (C=O) groups excluding carboxylic acids is 1. The van der Waals surface area contributed by atoms with Gasteiger partial charge in [-0.1, -0.05) is 13.3 Å². The van der Waals surface area contributed by atoms with Gasteiger partial charge >= 0.3 is 5.69 Å². The van der Waals surface area contributed by atoms with Gasteiger partial charge in [0.1, 0.15) is 23.1 Å². The number of nitrogen functional groups attached to an aromatic ring is 1. The Morgan fingerprint density at radius 2 is 2.00 bits per heavy atom. The molecular formula is C24H30N4O6. The number of unbranched alkanes of at least 4 members (excludes halogenated alkanes) is 1. The minimum atomic E-state index is -0.728. The van der Waals surface area contributed by atoms with E-state index in [0.717, 1.165) is 12.0 Å². The number of carbonyl (C=O) groups is 1. The number of H-pyrrole nitrogens is 1. The lowest BCUT2D eigenvalue weighted by Crippen LogP contribution is -2.41. The predicted molar refractivity (Wildman–Crippen MR) is 128 cm³/mol. The number of hydrogen-bond acceptors (Lipinski definition) is 7. The Morgan fingerprint density at radius 1 is 1.21 bits per heavy atom. The second-order valence-corrected chi connectivity index (χ2v) is 7.74. The van der Waals surface area contributed by atoms with Crippen LogP contribution >= 0.6 is 0 Å². The van der Waals surface area contributed by atoms with E-state index in [9.17, 15) is 14.4 Å². The summed E-state index contributed by atoms with van der Waals surface area (Å²) in [6.45, 7) is 2.29. The van der Waals surface area contributed by atoms with Gasteiger partial charge in [-0.15, -0.1) is 0 Å². The smallest absolute Gasteiger partial charge is 0.330 e. The van der Waals surface area contributed by atoms with Crippen molar-refractivity contribution in [2.45, 2.75) is 45.7 Å². The summed E-state index contributed by atoms with van der Waals surface area (Å²) in [6, 6.07) is 8.73. The molecule has 0 saturated heterocycles. The van der Waals surface area contributed by atoms with Crippen molar-refractivity contribution in [3.63, 3.8) is 0 Å². The first kappa shape index (κ1) is 24.7. The number of nitrogens with two attached hydrogens (primary N) is 1. The topological polar surface area (TPSA) is 133 Å². The van der Waals surface area contributed by atoms with Crippen LogP contribution < -0.4 is 31.4 Å². The highest BCUT2D eigenvalue weighted by Crippen LogP contribution is 2.27. The Hall–Kier alpha value is -3.95. The van der Waals surface area contributed by atoms with E-state index < -0.39 is 11.2 Å². The summed E-state index contributed by atoms with van der Waals surface area (Å²) in [6.07, 6.45) is 3.39. The maximum Gasteiger partial charge on any atom is 0.330 e. The molecule has 182 valence electrons. The number of anilines is 2. The SMILES string of the molecule is CCCCn1c(N)c(N(Cc2ccco2)C(=O)CCc2cc(OC)ccc2OC)c(=O)[nH]c1=O. The number of aromatic nitrogens is 2. The molecule has 0 fully saturated rings. The molecule has 0 saturated carbocycles. The van der Waals surface area contributed by atoms with Crippen LogP contribution in [0.2, 0.25) is 0 Å². The van der Waals surface area contributed by atoms with Crippen molar-refractivity contribution in [2.75, 3.05) is 24.9 Å². The summed E-state index contributed by atoms with van der Waals surface area (Å²) >= 11 is 0. The molecule has 0 spiro atoms. The van der Waals surface area contributed by atoms with E-state index in [1.807, 2.05) is 6.92 Å². The van der Waals surface area contributed by atoms with Crippen molar-refractivity contribution < 1.29 is 18.7 Å². The van der Waals surface area contributed by atoms with E-state index >= 15 is 0 Å². The predicted octanol–water partition coefficient (Wildman–Crippen LogP) is 2.70. The van der Waals surface area contributed by atoms with Crippen molar-refractivity contribution in [2.24, 2.45) is 0 Å². The molecule has 0 bridgehead atoms. The van der Waals surface area contributed by atoms with Crippen molar-refractivity contribution >= 4 is 17.4 Å². The molecule has 1 amide bonds. The van der Waals surface area contributed by atoms with E-state index in [1.54, 1.807) is 44.6 Å². The maximum atomic E-state index is 13.4. The summed E-state index contributed by atoms with van der Waals surface area (Å²) in [5, 5.41) is 0. The molecule has 3 N–H and O–H groups in total. The van der Waals surface area contributed by atoms with Crippen LogP contribution in [0.3, 0.4) is 0 Å². The van der Waals surface area contributed by atoms with Crippen LogP contribution in [0.4, 0.5) is 11.5 Å². The highest BCUT2D eigenvalue weighted by molar-refractivity contribution is 5.95. The number of aryl methyl sites for hydroxylation is 1. The first-order valence-corrected chi connectivity index (χ1v) is 11.1. The number of amides is 1. The number of rotatable bonds is 11. The lowest BCUT2D eigenvalue weighted by atomic mass is 10.1. The highest BCUT2D eigenvalue weighted by atomic mass is 16.5. The summed E-state index contributed by atoms with van der Waals surface area (Å²) in [5.41, 5.74) is 5.64. The quantitative estimate of drug-likeness (QED) is 0.440. The molecule has 0 aliphatic carbocycles. The average Bonchev–Trinajstić information content (AvgIpc) is 3.34. The molecule has 3 rings (SSSR count). The maximum absolute atomic E-state index is 13.4. The molecule has 2 heterocycles. The molecule has 0 atom stereocenters. The van der Waals surface area contributed by atoms with Gasteiger partial charge in [0.15, 0.2) is 5.69 Å². The van der Waals surface area contributed by atoms with Crippen LogP contribution in [-0.2, 0) is 24.3 Å². The van der Waals surface area contributed by atoms with Gasteiger partial charge in [0, 0.05) is 13.0 Å². The normalized spacial score (nSPS) is 10.8. The van der Waals surface area contributed by atoms with Gasteiger partial charge in [0.05, 0.1) is 27.0 Å². The molecule has 2 aromatic heterocycles. The van der Waals surface area contributed by atoms with Gasteiger partial charge in [0.2, 0.25) is 5.91 Å². The highest BCUT2D eigenvalue weighted by Gasteiger charge is 2.25. The lowest BCUT2D eigenvalue weighted by molar-refractivity contribution is -0.118. The third kappa shape index (κ3) is 5.51. The molecule has 0 unspecified atom stereocenters. The summed E-state index contributed by atoms with van der Waals surface area (Å²) in [5.74, 6) is 1.31. The van der Waals surface area contributed by atoms with E-state index in [4.69, 9.17) is 19.6 Å². The van der Waals surface area contributed by atoms with Crippen LogP contribution in [0.25, 0.3) is 0 Å². The minimum absolute atomic E-state index is 0.0136. The van der Waals surface area contributed by atoms with Crippen molar-refractivity contribution in [1.29, 1.82) is 0 Å². The lowest BCUT2D eigenvalue weighted by Gasteiger charge is -2.24. The summed E-state index contributed by atoms with van der Waals surface area (Å²) in [7, 11) is 3.11. The fourth-order valence-electron chi connectivity index (χ4n) is 3.68. The fourth-order valence-corrected chi connectivity index (χ4v) is 3.68. The van der Waals surface area contributed by atoms with E-state index in [-0.39, 0.29) is 30.4 Å². The van der Waals surface area contributed by atoms with Crippen LogP contribution in [0.5, 0.6) is 11.5 Å². The molecule has 10 heteroatoms. The van der Waals surface area contributed by atoms with Crippen molar-refractivity contribution in [1.82, 2.24) is 9.55 Å². The molecule has 10 nitrogen and oxygen atoms in total. The molecule has 0 aliphatic heterocycles.